The van der Waals surface area contributed by atoms with Crippen molar-refractivity contribution in [2.75, 3.05) is 11.9 Å². The molecule has 0 radical (unpaired) electrons. The molecule has 0 saturated carbocycles. The van der Waals surface area contributed by atoms with Crippen LogP contribution in [-0.2, 0) is 4.79 Å². The maximum absolute atomic E-state index is 11.5. The molecule has 0 bridgehead atoms. The number of halogens is 1. The number of carbonyl (C=O) groups excluding carboxylic acids is 2. The summed E-state index contributed by atoms with van der Waals surface area (Å²) in [5.41, 5.74) is 0. The predicted molar refractivity (Wildman–Crippen MR) is 61.6 cm³/mol. The van der Waals surface area contributed by atoms with Gasteiger partial charge in [-0.1, -0.05) is 15.9 Å². The van der Waals surface area contributed by atoms with Gasteiger partial charge in [-0.2, -0.15) is 0 Å². The van der Waals surface area contributed by atoms with Crippen molar-refractivity contribution in [2.45, 2.75) is 25.8 Å². The maximum atomic E-state index is 11.5. The molecule has 1 fully saturated rings. The first-order chi connectivity index (χ1) is 6.56. The highest BCUT2D eigenvalue weighted by Gasteiger charge is 2.29. The second-order valence-corrected chi connectivity index (χ2v) is 4.46. The number of ketones is 1. The molecule has 0 aliphatic carbocycles. The molecule has 1 aliphatic heterocycles. The van der Waals surface area contributed by atoms with Gasteiger partial charge in [-0.25, -0.2) is 0 Å². The van der Waals surface area contributed by atoms with E-state index >= 15 is 0 Å². The van der Waals surface area contributed by atoms with Gasteiger partial charge in [0, 0.05) is 18.5 Å². The molecule has 0 spiro atoms. The first kappa shape index (κ1) is 11.8. The molecular formula is C9H15BBrNO2. The summed E-state index contributed by atoms with van der Waals surface area (Å²) in [5.74, 6) is 0.321. The summed E-state index contributed by atoms with van der Waals surface area (Å²) >= 11 is 3.17. The largest absolute Gasteiger partial charge is 0.349 e. The Morgan fingerprint density at radius 2 is 2.14 bits per heavy atom. The third-order valence-electron chi connectivity index (χ3n) is 2.87. The third-order valence-corrected chi connectivity index (χ3v) is 3.43. The van der Waals surface area contributed by atoms with Gasteiger partial charge in [-0.3, -0.25) is 9.59 Å². The van der Waals surface area contributed by atoms with E-state index in [1.807, 2.05) is 6.92 Å². The van der Waals surface area contributed by atoms with E-state index < -0.39 is 0 Å². The highest BCUT2D eigenvalue weighted by molar-refractivity contribution is 9.09. The second kappa shape index (κ2) is 4.96. The molecule has 0 aromatic rings. The lowest BCUT2D eigenvalue weighted by atomic mass is 9.89. The predicted octanol–water partition coefficient (Wildman–Crippen LogP) is 0.804. The van der Waals surface area contributed by atoms with Gasteiger partial charge in [-0.05, 0) is 19.8 Å². The molecule has 78 valence electrons. The van der Waals surface area contributed by atoms with E-state index in [0.717, 1.165) is 12.8 Å². The molecule has 0 aromatic carbocycles. The molecule has 0 N–H and O–H groups in total. The van der Waals surface area contributed by atoms with Gasteiger partial charge in [-0.15, -0.1) is 0 Å². The van der Waals surface area contributed by atoms with Crippen LogP contribution in [0.2, 0.25) is 0 Å². The zero-order valence-corrected chi connectivity index (χ0v) is 10.2. The molecule has 3 nitrogen and oxygen atoms in total. The lowest BCUT2D eigenvalue weighted by Gasteiger charge is -2.37. The highest BCUT2D eigenvalue weighted by atomic mass is 79.9. The number of hydrogen-bond donors (Lipinski definition) is 0. The average Bonchev–Trinajstić information content (AvgIpc) is 2.17. The summed E-state index contributed by atoms with van der Waals surface area (Å²) in [5, 5.41) is 0.401. The smallest absolute Gasteiger partial charge is 0.215 e. The Morgan fingerprint density at radius 3 is 2.64 bits per heavy atom. The monoisotopic (exact) mass is 259 g/mol. The van der Waals surface area contributed by atoms with Gasteiger partial charge >= 0.3 is 0 Å². The number of amides is 1. The number of rotatable bonds is 2. The maximum Gasteiger partial charge on any atom is 0.215 e. The van der Waals surface area contributed by atoms with E-state index in [1.54, 1.807) is 12.7 Å². The van der Waals surface area contributed by atoms with Crippen LogP contribution in [0.15, 0.2) is 0 Å². The van der Waals surface area contributed by atoms with Crippen LogP contribution >= 0.6 is 15.9 Å². The Bertz CT molecular complexity index is 247. The van der Waals surface area contributed by atoms with Crippen LogP contribution < -0.4 is 0 Å². The van der Waals surface area contributed by atoms with Gasteiger partial charge in [0.2, 0.25) is 7.85 Å². The van der Waals surface area contributed by atoms with E-state index in [-0.39, 0.29) is 23.5 Å². The molecule has 1 rings (SSSR count). The third kappa shape index (κ3) is 2.59. The van der Waals surface area contributed by atoms with E-state index in [4.69, 9.17) is 0 Å². The fourth-order valence-corrected chi connectivity index (χ4v) is 2.38. The standard InChI is InChI=1S/C9H15BBrNO2/c1-6-2-3-7(8(13)4-11)5-12(6)9(10)14/h6-7H,2-5,10H2,1H3/t6-,7-/m1/s1. The summed E-state index contributed by atoms with van der Waals surface area (Å²) in [6, 6.07) is 0.284. The molecule has 1 aliphatic rings. The van der Waals surface area contributed by atoms with E-state index in [1.165, 1.54) is 0 Å². The molecule has 14 heavy (non-hydrogen) atoms. The second-order valence-electron chi connectivity index (χ2n) is 3.89. The van der Waals surface area contributed by atoms with Crippen LogP contribution in [0.25, 0.3) is 0 Å². The van der Waals surface area contributed by atoms with Crippen LogP contribution in [0.4, 0.5) is 4.79 Å². The van der Waals surface area contributed by atoms with Crippen LogP contribution in [0, 0.1) is 5.92 Å². The Labute approximate surface area is 93.8 Å². The minimum Gasteiger partial charge on any atom is -0.349 e. The quantitative estimate of drug-likeness (QED) is 0.544. The fourth-order valence-electron chi connectivity index (χ4n) is 1.92. The van der Waals surface area contributed by atoms with Crippen LogP contribution in [0.3, 0.4) is 0 Å². The lowest BCUT2D eigenvalue weighted by molar-refractivity contribution is -0.121. The lowest BCUT2D eigenvalue weighted by Crippen LogP contribution is -2.47. The minimum absolute atomic E-state index is 0.0366. The van der Waals surface area contributed by atoms with Crippen molar-refractivity contribution < 1.29 is 9.59 Å². The van der Waals surface area contributed by atoms with Crippen molar-refractivity contribution in [1.29, 1.82) is 0 Å². The first-order valence-electron chi connectivity index (χ1n) is 4.92. The van der Waals surface area contributed by atoms with Gasteiger partial charge in [0.25, 0.3) is 0 Å². The average molecular weight is 260 g/mol. The number of likely N-dealkylation sites (tertiary alicyclic amines) is 1. The van der Waals surface area contributed by atoms with Gasteiger partial charge in [0.1, 0.15) is 5.78 Å². The first-order valence-corrected chi connectivity index (χ1v) is 6.04. The molecule has 0 unspecified atom stereocenters. The van der Waals surface area contributed by atoms with Gasteiger partial charge < -0.3 is 4.90 Å². The zero-order chi connectivity index (χ0) is 10.7. The summed E-state index contributed by atoms with van der Waals surface area (Å²) in [6.45, 7) is 2.64. The molecule has 2 atom stereocenters. The molecule has 1 amide bonds. The van der Waals surface area contributed by atoms with Crippen LogP contribution in [0.1, 0.15) is 19.8 Å². The molecular weight excluding hydrogens is 245 g/mol. The number of carbonyl (C=O) groups is 2. The van der Waals surface area contributed by atoms with Gasteiger partial charge in [0.15, 0.2) is 5.81 Å². The normalized spacial score (nSPS) is 27.4. The number of nitrogens with zero attached hydrogens (tertiary/aromatic N) is 1. The van der Waals surface area contributed by atoms with Gasteiger partial charge in [0.05, 0.1) is 5.33 Å². The molecule has 1 heterocycles. The highest BCUT2D eigenvalue weighted by Crippen LogP contribution is 2.22. The molecule has 0 aromatic heterocycles. The number of Topliss-reactive ketones (excluding diaryl/α,β-unsaturated/α-hetero) is 1. The van der Waals surface area contributed by atoms with Crippen molar-refractivity contribution >= 4 is 35.4 Å². The summed E-state index contributed by atoms with van der Waals surface area (Å²) in [7, 11) is 1.57. The number of alkyl halides is 1. The van der Waals surface area contributed by atoms with Crippen molar-refractivity contribution in [2.24, 2.45) is 5.92 Å². The van der Waals surface area contributed by atoms with Crippen molar-refractivity contribution in [1.82, 2.24) is 4.90 Å². The Balaban J connectivity index is 2.62. The van der Waals surface area contributed by atoms with Crippen molar-refractivity contribution in [3.05, 3.63) is 0 Å². The van der Waals surface area contributed by atoms with Crippen molar-refractivity contribution in [3.8, 4) is 0 Å². The molecule has 5 heteroatoms. The van der Waals surface area contributed by atoms with Crippen LogP contribution in [0.5, 0.6) is 0 Å². The Morgan fingerprint density at radius 1 is 1.50 bits per heavy atom. The number of hydrogen-bond acceptors (Lipinski definition) is 2. The zero-order valence-electron chi connectivity index (χ0n) is 8.62. The molecule has 1 saturated heterocycles. The van der Waals surface area contributed by atoms with E-state index in [0.29, 0.717) is 11.9 Å². The van der Waals surface area contributed by atoms with Crippen LogP contribution in [-0.4, -0.2) is 42.3 Å². The van der Waals surface area contributed by atoms with E-state index in [2.05, 4.69) is 15.9 Å². The summed E-state index contributed by atoms with van der Waals surface area (Å²) in [6.07, 6.45) is 1.85. The Kier molecular flexibility index (Phi) is 4.17. The minimum atomic E-state index is 0.0366. The van der Waals surface area contributed by atoms with Crippen molar-refractivity contribution in [3.63, 3.8) is 0 Å². The topological polar surface area (TPSA) is 37.4 Å². The SMILES string of the molecule is BC(=O)N1C[C@H](C(=O)CBr)CC[C@H]1C. The Hall–Kier alpha value is -0.315. The van der Waals surface area contributed by atoms with E-state index in [9.17, 15) is 9.59 Å². The summed E-state index contributed by atoms with van der Waals surface area (Å²) < 4.78 is 0. The number of piperidine rings is 1. The summed E-state index contributed by atoms with van der Waals surface area (Å²) in [4.78, 5) is 24.5. The fraction of sp³-hybridized carbons (Fsp3) is 0.778.